The molecule has 0 amide bonds. The Morgan fingerprint density at radius 1 is 1.62 bits per heavy atom. The van der Waals surface area contributed by atoms with E-state index in [1.165, 1.54) is 12.1 Å². The zero-order valence-electron chi connectivity index (χ0n) is 8.78. The van der Waals surface area contributed by atoms with E-state index in [2.05, 4.69) is 11.9 Å². The summed E-state index contributed by atoms with van der Waals surface area (Å²) in [6, 6.07) is 5.60. The van der Waals surface area contributed by atoms with Gasteiger partial charge in [0.2, 0.25) is 0 Å². The molecule has 0 saturated carbocycles. The lowest BCUT2D eigenvalue weighted by Crippen LogP contribution is -2.23. The quantitative estimate of drug-likeness (QED) is 0.747. The second kappa shape index (κ2) is 5.89. The predicted octanol–water partition coefficient (Wildman–Crippen LogP) is 2.05. The van der Waals surface area contributed by atoms with Gasteiger partial charge >= 0.3 is 0 Å². The molecule has 0 aliphatic rings. The SMILES string of the molecule is C=CC[C@H](CO)Nc1ccc(F)cc1C#N. The molecule has 1 atom stereocenters. The van der Waals surface area contributed by atoms with Crippen LogP contribution in [0.15, 0.2) is 30.9 Å². The summed E-state index contributed by atoms with van der Waals surface area (Å²) >= 11 is 0. The standard InChI is InChI=1S/C12H13FN2O/c1-2-3-11(8-16)15-12-5-4-10(13)6-9(12)7-14/h2,4-6,11,15-16H,1,3,8H2/t11-/m1/s1. The summed E-state index contributed by atoms with van der Waals surface area (Å²) in [7, 11) is 0. The van der Waals surface area contributed by atoms with Gasteiger partial charge in [0.15, 0.2) is 0 Å². The Morgan fingerprint density at radius 2 is 2.38 bits per heavy atom. The summed E-state index contributed by atoms with van der Waals surface area (Å²) in [5.41, 5.74) is 0.743. The monoisotopic (exact) mass is 220 g/mol. The number of nitrogens with zero attached hydrogens (tertiary/aromatic N) is 1. The number of halogens is 1. The molecule has 1 aromatic rings. The van der Waals surface area contributed by atoms with E-state index >= 15 is 0 Å². The van der Waals surface area contributed by atoms with Crippen molar-refractivity contribution in [2.75, 3.05) is 11.9 Å². The Hall–Kier alpha value is -1.86. The number of anilines is 1. The molecular weight excluding hydrogens is 207 g/mol. The molecule has 0 fully saturated rings. The maximum atomic E-state index is 12.9. The highest BCUT2D eigenvalue weighted by molar-refractivity contribution is 5.57. The van der Waals surface area contributed by atoms with E-state index in [9.17, 15) is 4.39 Å². The van der Waals surface area contributed by atoms with Gasteiger partial charge in [0.1, 0.15) is 11.9 Å². The third-order valence-electron chi connectivity index (χ3n) is 2.13. The zero-order chi connectivity index (χ0) is 12.0. The second-order valence-electron chi connectivity index (χ2n) is 3.35. The lowest BCUT2D eigenvalue weighted by Gasteiger charge is -2.16. The molecule has 0 unspecified atom stereocenters. The number of rotatable bonds is 5. The van der Waals surface area contributed by atoms with Crippen molar-refractivity contribution < 1.29 is 9.50 Å². The minimum Gasteiger partial charge on any atom is -0.394 e. The number of hydrogen-bond donors (Lipinski definition) is 2. The molecule has 84 valence electrons. The first-order valence-corrected chi connectivity index (χ1v) is 4.89. The average Bonchev–Trinajstić information content (AvgIpc) is 2.30. The predicted molar refractivity (Wildman–Crippen MR) is 60.4 cm³/mol. The normalized spacial score (nSPS) is 11.6. The van der Waals surface area contributed by atoms with E-state index in [-0.39, 0.29) is 18.2 Å². The largest absolute Gasteiger partial charge is 0.394 e. The molecule has 0 aliphatic carbocycles. The van der Waals surface area contributed by atoms with Crippen LogP contribution in [0.4, 0.5) is 10.1 Å². The fraction of sp³-hybridized carbons (Fsp3) is 0.250. The lowest BCUT2D eigenvalue weighted by atomic mass is 10.1. The molecule has 2 N–H and O–H groups in total. The van der Waals surface area contributed by atoms with E-state index in [1.807, 2.05) is 6.07 Å². The van der Waals surface area contributed by atoms with Gasteiger partial charge < -0.3 is 10.4 Å². The fourth-order valence-electron chi connectivity index (χ4n) is 1.34. The Bertz CT molecular complexity index is 412. The van der Waals surface area contributed by atoms with Gasteiger partial charge in [-0.25, -0.2) is 4.39 Å². The van der Waals surface area contributed by atoms with Crippen molar-refractivity contribution in [1.29, 1.82) is 5.26 Å². The van der Waals surface area contributed by atoms with Gasteiger partial charge in [0.25, 0.3) is 0 Å². The Kier molecular flexibility index (Phi) is 4.49. The van der Waals surface area contributed by atoms with Crippen LogP contribution in [-0.2, 0) is 0 Å². The number of nitriles is 1. The van der Waals surface area contributed by atoms with Crippen molar-refractivity contribution in [3.63, 3.8) is 0 Å². The molecule has 0 heterocycles. The van der Waals surface area contributed by atoms with Gasteiger partial charge in [-0.05, 0) is 24.6 Å². The molecule has 1 aromatic carbocycles. The van der Waals surface area contributed by atoms with Crippen LogP contribution < -0.4 is 5.32 Å². The fourth-order valence-corrected chi connectivity index (χ4v) is 1.34. The number of nitrogens with one attached hydrogen (secondary N) is 1. The number of aliphatic hydroxyl groups excluding tert-OH is 1. The molecule has 0 spiro atoms. The molecule has 3 nitrogen and oxygen atoms in total. The Balaban J connectivity index is 2.87. The molecule has 0 bridgehead atoms. The van der Waals surface area contributed by atoms with Gasteiger partial charge in [-0.1, -0.05) is 6.08 Å². The van der Waals surface area contributed by atoms with E-state index in [4.69, 9.17) is 10.4 Å². The van der Waals surface area contributed by atoms with Crippen molar-refractivity contribution in [3.8, 4) is 6.07 Å². The molecule has 16 heavy (non-hydrogen) atoms. The van der Waals surface area contributed by atoms with Crippen molar-refractivity contribution in [2.45, 2.75) is 12.5 Å². The summed E-state index contributed by atoms with van der Waals surface area (Å²) < 4.78 is 12.9. The highest BCUT2D eigenvalue weighted by atomic mass is 19.1. The van der Waals surface area contributed by atoms with Crippen LogP contribution in [0.5, 0.6) is 0 Å². The first kappa shape index (κ1) is 12.2. The summed E-state index contributed by atoms with van der Waals surface area (Å²) in [6.07, 6.45) is 2.24. The average molecular weight is 220 g/mol. The maximum Gasteiger partial charge on any atom is 0.124 e. The number of benzene rings is 1. The summed E-state index contributed by atoms with van der Waals surface area (Å²) in [6.45, 7) is 3.50. The zero-order valence-corrected chi connectivity index (χ0v) is 8.78. The molecule has 4 heteroatoms. The van der Waals surface area contributed by atoms with Gasteiger partial charge in [-0.3, -0.25) is 0 Å². The van der Waals surface area contributed by atoms with Crippen LogP contribution in [0.25, 0.3) is 0 Å². The molecule has 0 saturated heterocycles. The topological polar surface area (TPSA) is 56.0 Å². The highest BCUT2D eigenvalue weighted by Gasteiger charge is 2.09. The van der Waals surface area contributed by atoms with Gasteiger partial charge in [0, 0.05) is 0 Å². The van der Waals surface area contributed by atoms with Crippen molar-refractivity contribution in [2.24, 2.45) is 0 Å². The van der Waals surface area contributed by atoms with E-state index < -0.39 is 5.82 Å². The van der Waals surface area contributed by atoms with Crippen LogP contribution in [-0.4, -0.2) is 17.8 Å². The van der Waals surface area contributed by atoms with Crippen LogP contribution in [0.2, 0.25) is 0 Å². The first-order chi connectivity index (χ1) is 7.71. The Labute approximate surface area is 93.8 Å². The smallest absolute Gasteiger partial charge is 0.124 e. The third-order valence-corrected chi connectivity index (χ3v) is 2.13. The molecular formula is C12H13FN2O. The molecule has 0 radical (unpaired) electrons. The van der Waals surface area contributed by atoms with Gasteiger partial charge in [-0.2, -0.15) is 5.26 Å². The van der Waals surface area contributed by atoms with E-state index in [1.54, 1.807) is 6.08 Å². The molecule has 0 aliphatic heterocycles. The van der Waals surface area contributed by atoms with Crippen LogP contribution in [0.3, 0.4) is 0 Å². The first-order valence-electron chi connectivity index (χ1n) is 4.89. The van der Waals surface area contributed by atoms with Crippen molar-refractivity contribution in [3.05, 3.63) is 42.2 Å². The maximum absolute atomic E-state index is 12.9. The summed E-state index contributed by atoms with van der Waals surface area (Å²) in [4.78, 5) is 0. The summed E-state index contributed by atoms with van der Waals surface area (Å²) in [5.74, 6) is -0.452. The van der Waals surface area contributed by atoms with Gasteiger partial charge in [0.05, 0.1) is 23.9 Å². The van der Waals surface area contributed by atoms with E-state index in [0.29, 0.717) is 12.1 Å². The minimum absolute atomic E-state index is 0.0751. The Morgan fingerprint density at radius 3 is 2.94 bits per heavy atom. The number of aliphatic hydroxyl groups is 1. The van der Waals surface area contributed by atoms with Gasteiger partial charge in [-0.15, -0.1) is 6.58 Å². The second-order valence-corrected chi connectivity index (χ2v) is 3.35. The van der Waals surface area contributed by atoms with E-state index in [0.717, 1.165) is 6.07 Å². The van der Waals surface area contributed by atoms with Crippen LogP contribution in [0, 0.1) is 17.1 Å². The third kappa shape index (κ3) is 3.07. The minimum atomic E-state index is -0.452. The molecule has 1 rings (SSSR count). The van der Waals surface area contributed by atoms with Crippen LogP contribution in [0.1, 0.15) is 12.0 Å². The van der Waals surface area contributed by atoms with Crippen molar-refractivity contribution >= 4 is 5.69 Å². The summed E-state index contributed by atoms with van der Waals surface area (Å²) in [5, 5.41) is 20.9. The number of hydrogen-bond acceptors (Lipinski definition) is 3. The lowest BCUT2D eigenvalue weighted by molar-refractivity contribution is 0.275. The highest BCUT2D eigenvalue weighted by Crippen LogP contribution is 2.17. The van der Waals surface area contributed by atoms with Crippen LogP contribution >= 0.6 is 0 Å². The molecule has 0 aromatic heterocycles. The van der Waals surface area contributed by atoms with Crippen molar-refractivity contribution in [1.82, 2.24) is 0 Å².